The molecule has 1 nitrogen and oxygen atoms in total. The smallest absolute Gasteiger partial charge is 0.147 e. The summed E-state index contributed by atoms with van der Waals surface area (Å²) < 4.78 is 1.71. The van der Waals surface area contributed by atoms with Crippen molar-refractivity contribution in [2.75, 3.05) is 0 Å². The Morgan fingerprint density at radius 3 is 2.92 bits per heavy atom. The van der Waals surface area contributed by atoms with Crippen molar-refractivity contribution in [1.82, 2.24) is 0 Å². The predicted octanol–water partition coefficient (Wildman–Crippen LogP) is 4.26. The van der Waals surface area contributed by atoms with Crippen LogP contribution < -0.4 is 0 Å². The Morgan fingerprint density at radius 2 is 2.23 bits per heavy atom. The Morgan fingerprint density at radius 1 is 1.46 bits per heavy atom. The summed E-state index contributed by atoms with van der Waals surface area (Å²) in [6.45, 7) is 0. The van der Waals surface area contributed by atoms with Crippen LogP contribution in [0.25, 0.3) is 10.1 Å². The van der Waals surface area contributed by atoms with Gasteiger partial charge in [0.1, 0.15) is 5.75 Å². The van der Waals surface area contributed by atoms with E-state index in [9.17, 15) is 5.11 Å². The summed E-state index contributed by atoms with van der Waals surface area (Å²) in [6, 6.07) is 3.97. The minimum Gasteiger partial charge on any atom is -0.505 e. The first-order chi connectivity index (χ1) is 6.24. The lowest BCUT2D eigenvalue weighted by Crippen LogP contribution is -1.79. The molecule has 4 heteroatoms. The number of benzene rings is 1. The predicted molar refractivity (Wildman–Crippen MR) is 63.8 cm³/mol. The van der Waals surface area contributed by atoms with E-state index in [1.54, 1.807) is 11.3 Å². The summed E-state index contributed by atoms with van der Waals surface area (Å²) in [5.74, 6) is 0.342. The minimum absolute atomic E-state index is 0.342. The molecule has 13 heavy (non-hydrogen) atoms. The van der Waals surface area contributed by atoms with Crippen LogP contribution in [0.15, 0.2) is 22.0 Å². The lowest BCUT2D eigenvalue weighted by atomic mass is 10.1. The second-order valence-electron chi connectivity index (χ2n) is 2.66. The number of fused-ring (bicyclic) bond motifs is 1. The molecule has 1 aromatic carbocycles. The average Bonchev–Trinajstić information content (AvgIpc) is 2.60. The van der Waals surface area contributed by atoms with E-state index < -0.39 is 0 Å². The van der Waals surface area contributed by atoms with E-state index in [4.69, 9.17) is 0 Å². The highest BCUT2D eigenvalue weighted by atomic mass is 79.9. The van der Waals surface area contributed by atoms with Gasteiger partial charge in [-0.25, -0.2) is 0 Å². The first-order valence-electron chi connectivity index (χ1n) is 3.67. The number of hydrogen-bond donors (Lipinski definition) is 1. The number of hydrogen-bond acceptors (Lipinski definition) is 2. The minimum atomic E-state index is 0.342. The molecule has 0 saturated heterocycles. The number of thiophene rings is 1. The molecule has 0 bridgehead atoms. The Balaban J connectivity index is 2.87. The molecule has 0 aliphatic carbocycles. The SMILES string of the molecule is Oc1c(Br)cc(CBr)c2ccsc12. The molecule has 2 aromatic rings. The number of phenolic OH excluding ortho intramolecular Hbond substituents is 1. The van der Waals surface area contributed by atoms with Gasteiger partial charge in [0.15, 0.2) is 0 Å². The summed E-state index contributed by atoms with van der Waals surface area (Å²) >= 11 is 8.31. The number of alkyl halides is 1. The molecule has 1 aromatic heterocycles. The van der Waals surface area contributed by atoms with E-state index in [-0.39, 0.29) is 0 Å². The maximum atomic E-state index is 9.72. The molecule has 0 aliphatic rings. The Hall–Kier alpha value is -0.0600. The molecule has 0 fully saturated rings. The average molecular weight is 322 g/mol. The van der Waals surface area contributed by atoms with Gasteiger partial charge in [-0.1, -0.05) is 15.9 Å². The summed E-state index contributed by atoms with van der Waals surface area (Å²) in [4.78, 5) is 0. The molecule has 0 amide bonds. The first kappa shape index (κ1) is 9.49. The van der Waals surface area contributed by atoms with Crippen LogP contribution in [0.5, 0.6) is 5.75 Å². The van der Waals surface area contributed by atoms with Gasteiger partial charge in [0.2, 0.25) is 0 Å². The molecule has 0 spiro atoms. The summed E-state index contributed by atoms with van der Waals surface area (Å²) in [6.07, 6.45) is 0. The second-order valence-corrected chi connectivity index (χ2v) is 4.99. The number of phenols is 1. The van der Waals surface area contributed by atoms with E-state index in [1.807, 2.05) is 17.5 Å². The number of rotatable bonds is 1. The maximum Gasteiger partial charge on any atom is 0.147 e. The Kier molecular flexibility index (Phi) is 2.62. The summed E-state index contributed by atoms with van der Waals surface area (Å²) in [5.41, 5.74) is 1.20. The van der Waals surface area contributed by atoms with Gasteiger partial charge < -0.3 is 5.11 Å². The number of halogens is 2. The molecule has 0 aliphatic heterocycles. The molecule has 0 saturated carbocycles. The fourth-order valence-corrected chi connectivity index (χ4v) is 3.22. The van der Waals surface area contributed by atoms with Crippen LogP contribution in [0, 0.1) is 0 Å². The highest BCUT2D eigenvalue weighted by Crippen LogP contribution is 2.38. The van der Waals surface area contributed by atoms with Crippen LogP contribution in [0.4, 0.5) is 0 Å². The molecule has 1 N–H and O–H groups in total. The van der Waals surface area contributed by atoms with Gasteiger partial charge in [-0.2, -0.15) is 0 Å². The van der Waals surface area contributed by atoms with Gasteiger partial charge in [0.25, 0.3) is 0 Å². The van der Waals surface area contributed by atoms with Crippen LogP contribution >= 0.6 is 43.2 Å². The van der Waals surface area contributed by atoms with E-state index in [2.05, 4.69) is 31.9 Å². The van der Waals surface area contributed by atoms with Crippen molar-refractivity contribution in [2.45, 2.75) is 5.33 Å². The molecule has 0 radical (unpaired) electrons. The number of aromatic hydroxyl groups is 1. The van der Waals surface area contributed by atoms with Gasteiger partial charge in [0.05, 0.1) is 9.17 Å². The molecule has 0 unspecified atom stereocenters. The van der Waals surface area contributed by atoms with Crippen molar-refractivity contribution in [1.29, 1.82) is 0 Å². The van der Waals surface area contributed by atoms with Crippen molar-refractivity contribution in [3.05, 3.63) is 27.5 Å². The zero-order valence-electron chi connectivity index (χ0n) is 6.55. The van der Waals surface area contributed by atoms with Gasteiger partial charge in [-0.15, -0.1) is 11.3 Å². The third-order valence-electron chi connectivity index (χ3n) is 1.90. The van der Waals surface area contributed by atoms with Gasteiger partial charge >= 0.3 is 0 Å². The molecule has 2 rings (SSSR count). The lowest BCUT2D eigenvalue weighted by Gasteiger charge is -2.03. The van der Waals surface area contributed by atoms with Gasteiger partial charge in [0, 0.05) is 10.7 Å². The highest BCUT2D eigenvalue weighted by Gasteiger charge is 2.09. The molecule has 68 valence electrons. The maximum absolute atomic E-state index is 9.72. The first-order valence-corrected chi connectivity index (χ1v) is 6.47. The van der Waals surface area contributed by atoms with Crippen LogP contribution in [0.2, 0.25) is 0 Å². The molecular formula is C9H6Br2OS. The van der Waals surface area contributed by atoms with Crippen molar-refractivity contribution in [3.8, 4) is 5.75 Å². The monoisotopic (exact) mass is 320 g/mol. The van der Waals surface area contributed by atoms with Crippen LogP contribution in [-0.4, -0.2) is 5.11 Å². The van der Waals surface area contributed by atoms with Crippen molar-refractivity contribution in [3.63, 3.8) is 0 Å². The zero-order chi connectivity index (χ0) is 9.42. The Bertz CT molecular complexity index is 450. The standard InChI is InChI=1S/C9H6Br2OS/c10-4-5-3-7(11)8(12)9-6(5)1-2-13-9/h1-3,12H,4H2. The third kappa shape index (κ3) is 1.51. The quantitative estimate of drug-likeness (QED) is 0.778. The Labute approximate surface area is 96.6 Å². The van der Waals surface area contributed by atoms with E-state index >= 15 is 0 Å². The molecule has 1 heterocycles. The normalized spacial score (nSPS) is 10.9. The summed E-state index contributed by atoms with van der Waals surface area (Å²) in [7, 11) is 0. The topological polar surface area (TPSA) is 20.2 Å². The zero-order valence-corrected chi connectivity index (χ0v) is 10.5. The third-order valence-corrected chi connectivity index (χ3v) is 4.03. The van der Waals surface area contributed by atoms with Crippen LogP contribution in [0.3, 0.4) is 0 Å². The van der Waals surface area contributed by atoms with Crippen molar-refractivity contribution in [2.24, 2.45) is 0 Å². The lowest BCUT2D eigenvalue weighted by molar-refractivity contribution is 0.479. The molecular weight excluding hydrogens is 316 g/mol. The second kappa shape index (κ2) is 3.59. The van der Waals surface area contributed by atoms with Gasteiger partial charge in [-0.3, -0.25) is 0 Å². The van der Waals surface area contributed by atoms with Crippen LogP contribution in [0.1, 0.15) is 5.56 Å². The fourth-order valence-electron chi connectivity index (χ4n) is 1.26. The summed E-state index contributed by atoms with van der Waals surface area (Å²) in [5, 5.41) is 13.6. The molecule has 0 atom stereocenters. The van der Waals surface area contributed by atoms with Crippen molar-refractivity contribution >= 4 is 53.3 Å². The fraction of sp³-hybridized carbons (Fsp3) is 0.111. The van der Waals surface area contributed by atoms with E-state index in [1.165, 1.54) is 5.56 Å². The van der Waals surface area contributed by atoms with Crippen molar-refractivity contribution < 1.29 is 5.11 Å². The van der Waals surface area contributed by atoms with E-state index in [0.717, 1.165) is 19.9 Å². The largest absolute Gasteiger partial charge is 0.505 e. The van der Waals surface area contributed by atoms with E-state index in [0.29, 0.717) is 5.75 Å². The van der Waals surface area contributed by atoms with Crippen LogP contribution in [-0.2, 0) is 5.33 Å². The highest BCUT2D eigenvalue weighted by molar-refractivity contribution is 9.10. The van der Waals surface area contributed by atoms with Gasteiger partial charge in [-0.05, 0) is 39.0 Å².